The molecule has 4 heteroatoms. The van der Waals surface area contributed by atoms with Crippen molar-refractivity contribution in [2.75, 3.05) is 13.2 Å². The molecule has 0 spiro atoms. The van der Waals surface area contributed by atoms with Crippen molar-refractivity contribution in [3.8, 4) is 5.75 Å². The van der Waals surface area contributed by atoms with Gasteiger partial charge in [-0.25, -0.2) is 6.08 Å². The molecule has 0 N–H and O–H groups in total. The zero-order valence-electron chi connectivity index (χ0n) is 12.3. The molecule has 20 heavy (non-hydrogen) atoms. The second-order valence-corrected chi connectivity index (χ2v) is 4.67. The predicted molar refractivity (Wildman–Crippen MR) is 75.4 cm³/mol. The molecule has 1 radical (unpaired) electrons. The molecule has 0 fully saturated rings. The summed E-state index contributed by atoms with van der Waals surface area (Å²) in [5.41, 5.74) is 1.92. The van der Waals surface area contributed by atoms with E-state index >= 15 is 0 Å². The first-order valence-corrected chi connectivity index (χ1v) is 6.82. The Bertz CT molecular complexity index is 482. The molecule has 0 aliphatic carbocycles. The summed E-state index contributed by atoms with van der Waals surface area (Å²) in [6, 6.07) is 7.84. The molecule has 1 atom stereocenters. The third kappa shape index (κ3) is 3.70. The predicted octanol–water partition coefficient (Wildman–Crippen LogP) is 3.12. The monoisotopic (exact) mass is 347 g/mol. The Balaban J connectivity index is 0.00000200. The molecular formula is C16H20NO2Y-. The van der Waals surface area contributed by atoms with Crippen LogP contribution in [0.5, 0.6) is 5.75 Å². The minimum absolute atomic E-state index is 0. The van der Waals surface area contributed by atoms with E-state index in [1.54, 1.807) is 0 Å². The average Bonchev–Trinajstić information content (AvgIpc) is 2.43. The molecule has 0 saturated heterocycles. The molecule has 1 aliphatic rings. The number of nitrogens with zero attached hydrogens (tertiary/aromatic N) is 1. The smallest absolute Gasteiger partial charge is 0.225 e. The Morgan fingerprint density at radius 3 is 2.50 bits per heavy atom. The second-order valence-electron chi connectivity index (χ2n) is 4.67. The van der Waals surface area contributed by atoms with Gasteiger partial charge in [0.1, 0.15) is 5.75 Å². The van der Waals surface area contributed by atoms with Crippen LogP contribution in [0.2, 0.25) is 0 Å². The molecule has 0 bridgehead atoms. The molecule has 1 heterocycles. The Kier molecular flexibility index (Phi) is 6.91. The van der Waals surface area contributed by atoms with E-state index in [0.29, 0.717) is 19.6 Å². The normalized spacial score (nSPS) is 18.4. The number of hydrogen-bond donors (Lipinski definition) is 0. The van der Waals surface area contributed by atoms with E-state index in [1.807, 2.05) is 49.9 Å². The maximum Gasteiger partial charge on any atom is 0.225 e. The molecule has 2 rings (SSSR count). The fourth-order valence-corrected chi connectivity index (χ4v) is 2.26. The van der Waals surface area contributed by atoms with Gasteiger partial charge in [-0.05, 0) is 26.0 Å². The van der Waals surface area contributed by atoms with Crippen LogP contribution in [0, 0.1) is 12.0 Å². The Morgan fingerprint density at radius 1 is 1.30 bits per heavy atom. The number of carbonyl (C=O) groups is 1. The van der Waals surface area contributed by atoms with Gasteiger partial charge in [0.05, 0.1) is 6.61 Å². The second kappa shape index (κ2) is 7.94. The van der Waals surface area contributed by atoms with Crippen molar-refractivity contribution in [3.05, 3.63) is 35.9 Å². The summed E-state index contributed by atoms with van der Waals surface area (Å²) < 4.78 is 5.43. The minimum Gasteiger partial charge on any atom is -0.494 e. The molecular weight excluding hydrogens is 327 g/mol. The molecule has 1 aromatic carbocycles. The average molecular weight is 347 g/mol. The Labute approximate surface area is 146 Å². The van der Waals surface area contributed by atoms with Crippen LogP contribution in [0.4, 0.5) is 0 Å². The van der Waals surface area contributed by atoms with Gasteiger partial charge in [0.2, 0.25) is 5.91 Å². The van der Waals surface area contributed by atoms with Crippen molar-refractivity contribution >= 4 is 11.6 Å². The molecule has 1 aliphatic heterocycles. The van der Waals surface area contributed by atoms with Crippen molar-refractivity contribution < 1.29 is 42.2 Å². The van der Waals surface area contributed by atoms with Crippen LogP contribution in [-0.4, -0.2) is 24.0 Å². The Morgan fingerprint density at radius 2 is 1.95 bits per heavy atom. The van der Waals surface area contributed by atoms with Gasteiger partial charge in [0.15, 0.2) is 0 Å². The van der Waals surface area contributed by atoms with Gasteiger partial charge in [0, 0.05) is 45.2 Å². The third-order valence-corrected chi connectivity index (χ3v) is 3.29. The van der Waals surface area contributed by atoms with Crippen LogP contribution in [0.1, 0.15) is 32.8 Å². The first-order chi connectivity index (χ1) is 9.17. The van der Waals surface area contributed by atoms with Gasteiger partial charge < -0.3 is 9.64 Å². The minimum atomic E-state index is 0. The Hall–Kier alpha value is -0.666. The standard InChI is InChI=1S/C16H20NO2.Y/c1-4-17-15(11-6-12(3)16(17)18)13-7-9-14(10-8-13)19-5-2;/h7-10,12H,4-6H2,1-3H3;/q-1;. The van der Waals surface area contributed by atoms with E-state index in [4.69, 9.17) is 4.74 Å². The summed E-state index contributed by atoms with van der Waals surface area (Å²) in [7, 11) is 0. The van der Waals surface area contributed by atoms with Gasteiger partial charge in [-0.3, -0.25) is 4.79 Å². The van der Waals surface area contributed by atoms with E-state index in [9.17, 15) is 4.79 Å². The summed E-state index contributed by atoms with van der Waals surface area (Å²) in [4.78, 5) is 14.0. The zero-order valence-corrected chi connectivity index (χ0v) is 15.2. The van der Waals surface area contributed by atoms with Crippen molar-refractivity contribution in [1.82, 2.24) is 4.90 Å². The number of amides is 1. The van der Waals surface area contributed by atoms with E-state index in [-0.39, 0.29) is 44.5 Å². The molecule has 1 aromatic rings. The molecule has 105 valence electrons. The summed E-state index contributed by atoms with van der Waals surface area (Å²) >= 11 is 0. The topological polar surface area (TPSA) is 29.5 Å². The van der Waals surface area contributed by atoms with Gasteiger partial charge in [-0.15, -0.1) is 17.8 Å². The van der Waals surface area contributed by atoms with Crippen LogP contribution < -0.4 is 4.74 Å². The maximum atomic E-state index is 12.1. The first kappa shape index (κ1) is 17.4. The zero-order chi connectivity index (χ0) is 13.8. The van der Waals surface area contributed by atoms with Crippen molar-refractivity contribution in [3.63, 3.8) is 0 Å². The van der Waals surface area contributed by atoms with E-state index in [0.717, 1.165) is 17.0 Å². The SMILES string of the molecule is CCOc1ccc(C2=[C-]CC(C)C(=O)N2CC)cc1.[Y]. The van der Waals surface area contributed by atoms with Crippen molar-refractivity contribution in [2.45, 2.75) is 27.2 Å². The van der Waals surface area contributed by atoms with Gasteiger partial charge in [-0.1, -0.05) is 13.3 Å². The summed E-state index contributed by atoms with van der Waals surface area (Å²) in [5.74, 6) is 1.07. The van der Waals surface area contributed by atoms with Crippen molar-refractivity contribution in [1.29, 1.82) is 0 Å². The summed E-state index contributed by atoms with van der Waals surface area (Å²) in [6.07, 6.45) is 4.04. The number of carbonyl (C=O) groups excluding carboxylic acids is 1. The van der Waals surface area contributed by atoms with E-state index < -0.39 is 0 Å². The third-order valence-electron chi connectivity index (χ3n) is 3.29. The number of allylic oxidation sites excluding steroid dienone is 1. The molecule has 1 unspecified atom stereocenters. The number of rotatable bonds is 4. The molecule has 0 aromatic heterocycles. The number of ether oxygens (including phenoxy) is 1. The largest absolute Gasteiger partial charge is 0.494 e. The molecule has 0 saturated carbocycles. The maximum absolute atomic E-state index is 12.1. The van der Waals surface area contributed by atoms with Gasteiger partial charge in [-0.2, -0.15) is 5.56 Å². The first-order valence-electron chi connectivity index (χ1n) is 6.82. The summed E-state index contributed by atoms with van der Waals surface area (Å²) in [6.45, 7) is 7.24. The van der Waals surface area contributed by atoms with Crippen LogP contribution in [-0.2, 0) is 37.5 Å². The number of benzene rings is 1. The molecule has 1 amide bonds. The fraction of sp³-hybridized carbons (Fsp3) is 0.438. The fourth-order valence-electron chi connectivity index (χ4n) is 2.26. The van der Waals surface area contributed by atoms with Crippen LogP contribution in [0.15, 0.2) is 24.3 Å². The van der Waals surface area contributed by atoms with Crippen LogP contribution in [0.25, 0.3) is 5.70 Å². The van der Waals surface area contributed by atoms with Crippen LogP contribution >= 0.6 is 0 Å². The van der Waals surface area contributed by atoms with Gasteiger partial charge in [0.25, 0.3) is 0 Å². The van der Waals surface area contributed by atoms with Crippen molar-refractivity contribution in [2.24, 2.45) is 5.92 Å². The van der Waals surface area contributed by atoms with E-state index in [2.05, 4.69) is 6.08 Å². The van der Waals surface area contributed by atoms with E-state index in [1.165, 1.54) is 0 Å². The van der Waals surface area contributed by atoms with Gasteiger partial charge >= 0.3 is 0 Å². The summed E-state index contributed by atoms with van der Waals surface area (Å²) in [5, 5.41) is 0. The number of hydrogen-bond acceptors (Lipinski definition) is 2. The quantitative estimate of drug-likeness (QED) is 0.784. The van der Waals surface area contributed by atoms with Crippen LogP contribution in [0.3, 0.4) is 0 Å². The molecule has 3 nitrogen and oxygen atoms in total.